The van der Waals surface area contributed by atoms with Crippen LogP contribution in [0.25, 0.3) is 16.3 Å². The fourth-order valence-electron chi connectivity index (χ4n) is 2.52. The molecule has 0 amide bonds. The van der Waals surface area contributed by atoms with Crippen LogP contribution in [0, 0.1) is 0 Å². The van der Waals surface area contributed by atoms with Crippen LogP contribution in [-0.2, 0) is 6.42 Å². The van der Waals surface area contributed by atoms with Crippen molar-refractivity contribution in [3.63, 3.8) is 0 Å². The van der Waals surface area contributed by atoms with Gasteiger partial charge in [0.2, 0.25) is 0 Å². The molecule has 0 radical (unpaired) electrons. The number of nitrogens with one attached hydrogen (secondary N) is 2. The molecule has 1 aliphatic rings. The van der Waals surface area contributed by atoms with Gasteiger partial charge in [-0.25, -0.2) is 4.68 Å². The number of aromatic nitrogens is 4. The highest BCUT2D eigenvalue weighted by molar-refractivity contribution is 7.13. The summed E-state index contributed by atoms with van der Waals surface area (Å²) in [5, 5.41) is 16.9. The first-order valence-corrected chi connectivity index (χ1v) is 7.96. The Balaban J connectivity index is 1.54. The monoisotopic (exact) mass is 309 g/mol. The van der Waals surface area contributed by atoms with Gasteiger partial charge in [-0.05, 0) is 35.9 Å². The molecule has 4 rings (SSSR count). The number of hydrogen-bond acceptors (Lipinski definition) is 4. The van der Waals surface area contributed by atoms with E-state index in [0.29, 0.717) is 0 Å². The van der Waals surface area contributed by atoms with Crippen molar-refractivity contribution in [2.45, 2.75) is 12.8 Å². The number of fused-ring (bicyclic) bond motifs is 1. The Morgan fingerprint density at radius 2 is 2.27 bits per heavy atom. The molecule has 0 saturated carbocycles. The predicted octanol–water partition coefficient (Wildman–Crippen LogP) is 3.75. The molecular weight excluding hydrogens is 294 g/mol. The van der Waals surface area contributed by atoms with Gasteiger partial charge in [0.05, 0.1) is 16.8 Å². The van der Waals surface area contributed by atoms with E-state index in [0.717, 1.165) is 40.6 Å². The van der Waals surface area contributed by atoms with Gasteiger partial charge in [-0.3, -0.25) is 5.10 Å². The molecule has 0 atom stereocenters. The first kappa shape index (κ1) is 13.1. The maximum absolute atomic E-state index is 4.62. The van der Waals surface area contributed by atoms with E-state index >= 15 is 0 Å². The number of H-pyrrole nitrogens is 1. The van der Waals surface area contributed by atoms with Gasteiger partial charge in [0.15, 0.2) is 0 Å². The zero-order valence-electron chi connectivity index (χ0n) is 11.9. The Bertz CT molecular complexity index is 824. The molecular formula is C16H15N5S. The summed E-state index contributed by atoms with van der Waals surface area (Å²) in [5.41, 5.74) is 4.21. The lowest BCUT2D eigenvalue weighted by Gasteiger charge is -2.18. The Hall–Kier alpha value is -2.60. The second-order valence-electron chi connectivity index (χ2n) is 5.20. The fourth-order valence-corrected chi connectivity index (χ4v) is 3.21. The summed E-state index contributed by atoms with van der Waals surface area (Å²) in [4.78, 5) is 1.16. The molecule has 0 bridgehead atoms. The fraction of sp³-hybridized carbons (Fsp3) is 0.125. The van der Waals surface area contributed by atoms with Crippen molar-refractivity contribution in [1.82, 2.24) is 20.0 Å². The second kappa shape index (κ2) is 5.31. The highest BCUT2D eigenvalue weighted by Gasteiger charge is 2.17. The van der Waals surface area contributed by atoms with Crippen molar-refractivity contribution < 1.29 is 0 Å². The SMILES string of the molecule is C=C1C=C(CCc2cn[nH]c2)Nc2cc(-c3cccs3)nn21. The largest absolute Gasteiger partial charge is 0.344 e. The van der Waals surface area contributed by atoms with Crippen LogP contribution in [0.2, 0.25) is 0 Å². The molecule has 0 spiro atoms. The minimum atomic E-state index is 0.888. The molecule has 0 fully saturated rings. The quantitative estimate of drug-likeness (QED) is 0.771. The third kappa shape index (κ3) is 2.37. The maximum atomic E-state index is 4.62. The van der Waals surface area contributed by atoms with Gasteiger partial charge < -0.3 is 5.32 Å². The first-order chi connectivity index (χ1) is 10.8. The maximum Gasteiger partial charge on any atom is 0.134 e. The van der Waals surface area contributed by atoms with Crippen LogP contribution in [0.3, 0.4) is 0 Å². The second-order valence-corrected chi connectivity index (χ2v) is 6.14. The summed E-state index contributed by atoms with van der Waals surface area (Å²) < 4.78 is 1.86. The van der Waals surface area contributed by atoms with Crippen molar-refractivity contribution in [1.29, 1.82) is 0 Å². The van der Waals surface area contributed by atoms with Crippen LogP contribution in [-0.4, -0.2) is 20.0 Å². The van der Waals surface area contributed by atoms with E-state index in [-0.39, 0.29) is 0 Å². The Kier molecular flexibility index (Phi) is 3.16. The minimum absolute atomic E-state index is 0.888. The lowest BCUT2D eigenvalue weighted by molar-refractivity contribution is 0.875. The van der Waals surface area contributed by atoms with Crippen LogP contribution < -0.4 is 5.32 Å². The molecule has 5 nitrogen and oxygen atoms in total. The highest BCUT2D eigenvalue weighted by atomic mass is 32.1. The minimum Gasteiger partial charge on any atom is -0.344 e. The van der Waals surface area contributed by atoms with Crippen molar-refractivity contribution in [2.75, 3.05) is 5.32 Å². The number of thiophene rings is 1. The Morgan fingerprint density at radius 1 is 1.32 bits per heavy atom. The first-order valence-electron chi connectivity index (χ1n) is 7.08. The summed E-state index contributed by atoms with van der Waals surface area (Å²) in [5.74, 6) is 0.970. The predicted molar refractivity (Wildman–Crippen MR) is 89.5 cm³/mol. The number of nitrogens with zero attached hydrogens (tertiary/aromatic N) is 3. The molecule has 0 unspecified atom stereocenters. The van der Waals surface area contributed by atoms with E-state index in [4.69, 9.17) is 0 Å². The summed E-state index contributed by atoms with van der Waals surface area (Å²) in [6.07, 6.45) is 7.69. The van der Waals surface area contributed by atoms with E-state index in [1.807, 2.05) is 23.1 Å². The molecule has 3 aromatic heterocycles. The third-order valence-corrected chi connectivity index (χ3v) is 4.51. The van der Waals surface area contributed by atoms with Gasteiger partial charge in [-0.1, -0.05) is 12.6 Å². The lowest BCUT2D eigenvalue weighted by Crippen LogP contribution is -2.13. The summed E-state index contributed by atoms with van der Waals surface area (Å²) in [6, 6.07) is 6.19. The van der Waals surface area contributed by atoms with Crippen molar-refractivity contribution in [3.05, 3.63) is 59.9 Å². The highest BCUT2D eigenvalue weighted by Crippen LogP contribution is 2.31. The molecule has 1 aliphatic heterocycles. The summed E-state index contributed by atoms with van der Waals surface area (Å²) >= 11 is 1.69. The summed E-state index contributed by atoms with van der Waals surface area (Å²) in [7, 11) is 0. The van der Waals surface area contributed by atoms with Gasteiger partial charge >= 0.3 is 0 Å². The Morgan fingerprint density at radius 3 is 3.05 bits per heavy atom. The van der Waals surface area contributed by atoms with Crippen molar-refractivity contribution >= 4 is 22.9 Å². The number of aryl methyl sites for hydroxylation is 1. The molecule has 3 aromatic rings. The number of hydrogen-bond donors (Lipinski definition) is 2. The molecule has 6 heteroatoms. The van der Waals surface area contributed by atoms with E-state index in [9.17, 15) is 0 Å². The average Bonchev–Trinajstić information content (AvgIpc) is 3.25. The van der Waals surface area contributed by atoms with Crippen molar-refractivity contribution in [2.24, 2.45) is 0 Å². The topological polar surface area (TPSA) is 58.5 Å². The van der Waals surface area contributed by atoms with E-state index in [2.05, 4.69) is 50.8 Å². The molecule has 2 N–H and O–H groups in total. The zero-order chi connectivity index (χ0) is 14.9. The molecule has 0 saturated heterocycles. The molecule has 0 aliphatic carbocycles. The van der Waals surface area contributed by atoms with E-state index in [1.54, 1.807) is 11.3 Å². The molecule has 0 aromatic carbocycles. The van der Waals surface area contributed by atoms with E-state index < -0.39 is 0 Å². The zero-order valence-corrected chi connectivity index (χ0v) is 12.7. The number of rotatable bonds is 4. The van der Waals surface area contributed by atoms with Gasteiger partial charge in [-0.2, -0.15) is 10.2 Å². The van der Waals surface area contributed by atoms with Gasteiger partial charge in [0.25, 0.3) is 0 Å². The van der Waals surface area contributed by atoms with E-state index in [1.165, 1.54) is 5.56 Å². The lowest BCUT2D eigenvalue weighted by atomic mass is 10.1. The molecule has 110 valence electrons. The van der Waals surface area contributed by atoms with Gasteiger partial charge in [0.1, 0.15) is 11.5 Å². The number of aromatic amines is 1. The van der Waals surface area contributed by atoms with Crippen LogP contribution >= 0.6 is 11.3 Å². The Labute approximate surface area is 132 Å². The summed E-state index contributed by atoms with van der Waals surface area (Å²) in [6.45, 7) is 4.11. The van der Waals surface area contributed by atoms with Crippen LogP contribution in [0.5, 0.6) is 0 Å². The number of anilines is 1. The van der Waals surface area contributed by atoms with Crippen LogP contribution in [0.4, 0.5) is 5.82 Å². The standard InChI is InChI=1S/C16H15N5S/c1-11-7-13(5-4-12-9-17-18-10-12)19-16-8-14(20-21(11)16)15-3-2-6-22-15/h2-3,6-10,19H,1,4-5H2,(H,17,18). The molecule has 4 heterocycles. The average molecular weight is 309 g/mol. The normalized spacial score (nSPS) is 13.6. The number of allylic oxidation sites excluding steroid dienone is 3. The smallest absolute Gasteiger partial charge is 0.134 e. The van der Waals surface area contributed by atoms with Crippen molar-refractivity contribution in [3.8, 4) is 10.6 Å². The third-order valence-electron chi connectivity index (χ3n) is 3.62. The van der Waals surface area contributed by atoms with Gasteiger partial charge in [0, 0.05) is 18.0 Å². The van der Waals surface area contributed by atoms with Crippen LogP contribution in [0.15, 0.2) is 54.3 Å². The molecule has 22 heavy (non-hydrogen) atoms. The van der Waals surface area contributed by atoms with Gasteiger partial charge in [-0.15, -0.1) is 11.3 Å². The van der Waals surface area contributed by atoms with Crippen LogP contribution in [0.1, 0.15) is 12.0 Å².